The largest absolute Gasteiger partial charge is 0.314 e. The maximum atomic E-state index is 16.0. The molecular weight excluding hydrogens is 856 g/mol. The van der Waals surface area contributed by atoms with E-state index in [1.165, 1.54) is 0 Å². The lowest BCUT2D eigenvalue weighted by molar-refractivity contribution is -0.131. The molecule has 8 heteroatoms. The lowest BCUT2D eigenvalue weighted by Crippen LogP contribution is -2.78. The third-order valence-electron chi connectivity index (χ3n) is 13.2. The van der Waals surface area contributed by atoms with Gasteiger partial charge in [-0.1, -0.05) is 180 Å². The molecule has 2 fully saturated rings. The number of aryl methyl sites for hydroxylation is 2. The molecule has 0 spiro atoms. The van der Waals surface area contributed by atoms with Gasteiger partial charge in [0.2, 0.25) is 5.91 Å². The van der Waals surface area contributed by atoms with Gasteiger partial charge in [-0.05, 0) is 103 Å². The second-order valence-electron chi connectivity index (χ2n) is 17.0. The Morgan fingerprint density at radius 1 is 0.485 bits per heavy atom. The van der Waals surface area contributed by atoms with Crippen LogP contribution < -0.4 is 14.7 Å². The number of carbonyl (C=O) groups excluding carboxylic acids is 2. The summed E-state index contributed by atoms with van der Waals surface area (Å²) in [6.07, 6.45) is -0.752. The van der Waals surface area contributed by atoms with Crippen LogP contribution in [0.2, 0.25) is 10.0 Å². The molecule has 11 rings (SSSR count). The molecule has 0 aromatic heterocycles. The van der Waals surface area contributed by atoms with Crippen molar-refractivity contribution < 1.29 is 9.59 Å². The van der Waals surface area contributed by atoms with Crippen molar-refractivity contribution in [2.24, 2.45) is 4.99 Å². The number of allylic oxidation sites excluding steroid dienone is 1. The number of hydrogen-bond donors (Lipinski definition) is 0. The number of amides is 2. The Morgan fingerprint density at radius 2 is 0.955 bits per heavy atom. The topological polar surface area (TPSA) is 56.2 Å². The second-order valence-corrected chi connectivity index (χ2v) is 17.9. The lowest BCUT2D eigenvalue weighted by atomic mass is 9.62. The van der Waals surface area contributed by atoms with E-state index in [1.54, 1.807) is 0 Å². The quantitative estimate of drug-likeness (QED) is 0.143. The van der Waals surface area contributed by atoms with Crippen LogP contribution >= 0.6 is 23.2 Å². The summed E-state index contributed by atoms with van der Waals surface area (Å²) in [5, 5.41) is 1.09. The Morgan fingerprint density at radius 3 is 1.47 bits per heavy atom. The van der Waals surface area contributed by atoms with Gasteiger partial charge in [0, 0.05) is 27.0 Å². The fourth-order valence-corrected chi connectivity index (χ4v) is 10.5. The fourth-order valence-electron chi connectivity index (χ4n) is 10.2. The zero-order chi connectivity index (χ0) is 45.2. The molecule has 1 atom stereocenters. The molecule has 2 saturated heterocycles. The Bertz CT molecular complexity index is 3130. The SMILES string of the molecule is Cc1ccc(N2C(=O)C(c3ccccc3)(c3ccccc3)/C2=C2\C(=Nc3ccc(Cl)cc3)c3cc(Cl)ccc3N2C2N(c3ccc(C)cc3)C(=O)C2(c2ccccc2)c2ccccc2)cc1. The maximum Gasteiger partial charge on any atom is 0.252 e. The molecule has 320 valence electrons. The number of hydrogen-bond acceptors (Lipinski definition) is 4. The monoisotopic (exact) mass is 896 g/mol. The van der Waals surface area contributed by atoms with Gasteiger partial charge in [-0.15, -0.1) is 0 Å². The highest BCUT2D eigenvalue weighted by Crippen LogP contribution is 2.60. The minimum absolute atomic E-state index is 0.0887. The van der Waals surface area contributed by atoms with E-state index in [0.29, 0.717) is 38.5 Å². The number of fused-ring (bicyclic) bond motifs is 1. The fraction of sp³-hybridized carbons (Fsp3) is 0.0862. The van der Waals surface area contributed by atoms with Crippen LogP contribution in [-0.4, -0.2) is 23.7 Å². The molecule has 6 nitrogen and oxygen atoms in total. The van der Waals surface area contributed by atoms with E-state index >= 15 is 9.59 Å². The Balaban J connectivity index is 1.34. The van der Waals surface area contributed by atoms with Crippen LogP contribution in [0.15, 0.2) is 229 Å². The van der Waals surface area contributed by atoms with Crippen LogP contribution in [0.1, 0.15) is 38.9 Å². The molecule has 1 unspecified atom stereocenters. The zero-order valence-corrected chi connectivity index (χ0v) is 37.7. The van der Waals surface area contributed by atoms with Crippen molar-refractivity contribution in [3.05, 3.63) is 273 Å². The van der Waals surface area contributed by atoms with E-state index < -0.39 is 17.0 Å². The molecule has 0 N–H and O–H groups in total. The van der Waals surface area contributed by atoms with Gasteiger partial charge in [-0.25, -0.2) is 4.99 Å². The number of anilines is 3. The lowest BCUT2D eigenvalue weighted by Gasteiger charge is -2.61. The molecule has 0 bridgehead atoms. The summed E-state index contributed by atoms with van der Waals surface area (Å²) in [5.74, 6) is -0.211. The number of benzene rings is 8. The Kier molecular flexibility index (Phi) is 10.1. The first-order chi connectivity index (χ1) is 32.2. The highest BCUT2D eigenvalue weighted by molar-refractivity contribution is 6.34. The predicted octanol–water partition coefficient (Wildman–Crippen LogP) is 13.2. The van der Waals surface area contributed by atoms with Gasteiger partial charge in [0.05, 0.1) is 28.5 Å². The van der Waals surface area contributed by atoms with E-state index in [2.05, 4.69) is 4.90 Å². The third kappa shape index (κ3) is 6.20. The average Bonchev–Trinajstić information content (AvgIpc) is 3.63. The third-order valence-corrected chi connectivity index (χ3v) is 13.7. The highest BCUT2D eigenvalue weighted by atomic mass is 35.5. The molecule has 2 amide bonds. The van der Waals surface area contributed by atoms with Crippen LogP contribution in [0.3, 0.4) is 0 Å². The first-order valence-corrected chi connectivity index (χ1v) is 22.7. The van der Waals surface area contributed by atoms with Crippen molar-refractivity contribution in [3.63, 3.8) is 0 Å². The average molecular weight is 898 g/mol. The first-order valence-electron chi connectivity index (χ1n) is 21.9. The van der Waals surface area contributed by atoms with Crippen molar-refractivity contribution >= 4 is 63.5 Å². The molecule has 0 saturated carbocycles. The van der Waals surface area contributed by atoms with E-state index in [0.717, 1.165) is 50.3 Å². The molecule has 3 heterocycles. The standard InChI is InChI=1S/C58H42Cl2N4O2/c1-38-23-32-47(33-24-38)62-53(57(55(62)65,40-15-7-3-8-16-40)41-17-9-4-10-18-41)52-51(61-46-30-27-44(59)28-31-46)49-37-45(60)29-36-50(49)64(52)54-58(42-19-11-5-12-20-42,43-21-13-6-14-22-43)56(66)63(54)48-34-25-39(2)26-35-48/h3-37,54H,1-2H3/b53-52-,61-51?. The summed E-state index contributed by atoms with van der Waals surface area (Å²) in [4.78, 5) is 43.5. The summed E-state index contributed by atoms with van der Waals surface area (Å²) >= 11 is 13.5. The van der Waals surface area contributed by atoms with Crippen molar-refractivity contribution in [3.8, 4) is 0 Å². The zero-order valence-electron chi connectivity index (χ0n) is 36.1. The highest BCUT2D eigenvalue weighted by Gasteiger charge is 2.69. The Labute approximate surface area is 394 Å². The summed E-state index contributed by atoms with van der Waals surface area (Å²) in [7, 11) is 0. The van der Waals surface area contributed by atoms with Gasteiger partial charge < -0.3 is 4.90 Å². The molecule has 3 aliphatic heterocycles. The van der Waals surface area contributed by atoms with Crippen LogP contribution in [-0.2, 0) is 20.4 Å². The van der Waals surface area contributed by atoms with Gasteiger partial charge in [0.15, 0.2) is 0 Å². The summed E-state index contributed by atoms with van der Waals surface area (Å²) in [5.41, 5.74) is 8.30. The van der Waals surface area contributed by atoms with Crippen LogP contribution in [0.4, 0.5) is 22.7 Å². The van der Waals surface area contributed by atoms with Crippen LogP contribution in [0, 0.1) is 13.8 Å². The summed E-state index contributed by atoms with van der Waals surface area (Å²) in [6, 6.07) is 69.5. The van der Waals surface area contributed by atoms with E-state index in [9.17, 15) is 0 Å². The molecule has 8 aromatic rings. The smallest absolute Gasteiger partial charge is 0.252 e. The molecular formula is C58H42Cl2N4O2. The number of nitrogens with zero attached hydrogens (tertiary/aromatic N) is 4. The van der Waals surface area contributed by atoms with Crippen molar-refractivity contribution in [2.45, 2.75) is 30.8 Å². The molecule has 0 aliphatic carbocycles. The normalized spacial score (nSPS) is 18.8. The first kappa shape index (κ1) is 41.2. The summed E-state index contributed by atoms with van der Waals surface area (Å²) in [6.45, 7) is 4.08. The number of β-lactam (4-membered cyclic amide) rings is 2. The van der Waals surface area contributed by atoms with Crippen LogP contribution in [0.5, 0.6) is 0 Å². The van der Waals surface area contributed by atoms with Gasteiger partial charge in [0.25, 0.3) is 5.91 Å². The molecule has 3 aliphatic rings. The minimum atomic E-state index is -1.35. The van der Waals surface area contributed by atoms with E-state index in [-0.39, 0.29) is 11.8 Å². The maximum absolute atomic E-state index is 16.0. The van der Waals surface area contributed by atoms with Crippen molar-refractivity contribution in [1.29, 1.82) is 0 Å². The van der Waals surface area contributed by atoms with Crippen molar-refractivity contribution in [1.82, 2.24) is 0 Å². The van der Waals surface area contributed by atoms with Crippen LogP contribution in [0.25, 0.3) is 0 Å². The second kappa shape index (κ2) is 16.2. The summed E-state index contributed by atoms with van der Waals surface area (Å²) < 4.78 is 0. The van der Waals surface area contributed by atoms with Gasteiger partial charge in [-0.2, -0.15) is 0 Å². The number of rotatable bonds is 8. The Hall–Kier alpha value is -7.51. The van der Waals surface area contributed by atoms with Gasteiger partial charge >= 0.3 is 0 Å². The van der Waals surface area contributed by atoms with E-state index in [4.69, 9.17) is 28.2 Å². The predicted molar refractivity (Wildman–Crippen MR) is 267 cm³/mol. The number of aliphatic imine (C=N–C) groups is 1. The minimum Gasteiger partial charge on any atom is -0.314 e. The number of carbonyl (C=O) groups is 2. The van der Waals surface area contributed by atoms with Crippen molar-refractivity contribution in [2.75, 3.05) is 14.7 Å². The molecule has 8 aromatic carbocycles. The van der Waals surface area contributed by atoms with Gasteiger partial charge in [0.1, 0.15) is 17.0 Å². The number of halogens is 2. The molecule has 0 radical (unpaired) electrons. The molecule has 66 heavy (non-hydrogen) atoms. The van der Waals surface area contributed by atoms with Gasteiger partial charge in [-0.3, -0.25) is 19.4 Å². The van der Waals surface area contributed by atoms with E-state index in [1.807, 2.05) is 236 Å².